The van der Waals surface area contributed by atoms with Gasteiger partial charge in [-0.2, -0.15) is 13.2 Å². The van der Waals surface area contributed by atoms with Crippen molar-refractivity contribution in [3.05, 3.63) is 108 Å². The summed E-state index contributed by atoms with van der Waals surface area (Å²) >= 11 is 0. The minimum atomic E-state index is -4.91. The average Bonchev–Trinajstić information content (AvgIpc) is 2.93. The Bertz CT molecular complexity index is 2120. The van der Waals surface area contributed by atoms with E-state index in [-0.39, 0.29) is 11.7 Å². The number of benzene rings is 7. The topological polar surface area (TPSA) is 17.1 Å². The maximum absolute atomic E-state index is 15.0. The monoisotopic (exact) mass is 520 g/mol. The van der Waals surface area contributed by atoms with Crippen LogP contribution in [0.2, 0.25) is 0 Å². The number of rotatable bonds is 2. The van der Waals surface area contributed by atoms with Crippen LogP contribution in [0, 0.1) is 0 Å². The Balaban J connectivity index is 1.40. The molecule has 2 unspecified atom stereocenters. The molecule has 0 bridgehead atoms. The number of hydrogen-bond donors (Lipinski definition) is 0. The Hall–Kier alpha value is -3.88. The van der Waals surface area contributed by atoms with Gasteiger partial charge in [0.1, 0.15) is 0 Å². The van der Waals surface area contributed by atoms with Gasteiger partial charge in [-0.25, -0.2) is 0 Å². The molecular weight excluding hydrogens is 500 g/mol. The smallest absolute Gasteiger partial charge is 0.308 e. The molecule has 1 aliphatic carbocycles. The van der Waals surface area contributed by atoms with Crippen LogP contribution in [0.1, 0.15) is 5.56 Å². The molecule has 0 radical (unpaired) electrons. The minimum absolute atomic E-state index is 0.0822. The van der Waals surface area contributed by atoms with E-state index in [0.717, 1.165) is 53.9 Å². The fourth-order valence-corrected chi connectivity index (χ4v) is 9.21. The maximum Gasteiger partial charge on any atom is 0.444 e. The van der Waals surface area contributed by atoms with Crippen LogP contribution in [0.15, 0.2) is 97.1 Å². The third-order valence-corrected chi connectivity index (χ3v) is 11.4. The molecule has 0 aromatic heterocycles. The van der Waals surface area contributed by atoms with Crippen molar-refractivity contribution in [1.29, 1.82) is 0 Å². The second kappa shape index (κ2) is 7.36. The third-order valence-electron chi connectivity index (χ3n) is 8.37. The molecule has 0 N–H and O–H groups in total. The van der Waals surface area contributed by atoms with Crippen LogP contribution in [0.3, 0.4) is 0 Å². The summed E-state index contributed by atoms with van der Waals surface area (Å²) in [5, 5.41) is 10.1. The van der Waals surface area contributed by atoms with Gasteiger partial charge in [-0.1, -0.05) is 91.0 Å². The molecule has 7 aromatic carbocycles. The number of halogens is 3. The second-order valence-corrected chi connectivity index (χ2v) is 13.4. The first kappa shape index (κ1) is 22.1. The summed E-state index contributed by atoms with van der Waals surface area (Å²) in [5.41, 5.74) is -0.357. The van der Waals surface area contributed by atoms with Crippen molar-refractivity contribution in [2.45, 2.75) is 18.0 Å². The first-order valence-electron chi connectivity index (χ1n) is 12.6. The molecule has 0 amide bonds. The van der Waals surface area contributed by atoms with E-state index in [1.807, 2.05) is 84.9 Å². The van der Waals surface area contributed by atoms with Gasteiger partial charge in [0.25, 0.3) is 0 Å². The molecule has 0 saturated heterocycles. The van der Waals surface area contributed by atoms with E-state index in [1.54, 1.807) is 6.08 Å². The predicted octanol–water partition coefficient (Wildman–Crippen LogP) is 8.52. The lowest BCUT2D eigenvalue weighted by atomic mass is 9.90. The Morgan fingerprint density at radius 3 is 1.66 bits per heavy atom. The van der Waals surface area contributed by atoms with Crippen molar-refractivity contribution < 1.29 is 17.7 Å². The molecule has 5 heteroatoms. The Labute approximate surface area is 215 Å². The van der Waals surface area contributed by atoms with Gasteiger partial charge in [-0.15, -0.1) is 0 Å². The van der Waals surface area contributed by atoms with Crippen LogP contribution in [0.5, 0.6) is 0 Å². The lowest BCUT2D eigenvalue weighted by molar-refractivity contribution is -0.0456. The minimum Gasteiger partial charge on any atom is -0.308 e. The molecule has 0 fully saturated rings. The fourth-order valence-electron chi connectivity index (χ4n) is 6.67. The molecule has 0 heterocycles. The highest BCUT2D eigenvalue weighted by atomic mass is 31.2. The van der Waals surface area contributed by atoms with Crippen LogP contribution in [-0.2, 0) is 11.0 Å². The van der Waals surface area contributed by atoms with Gasteiger partial charge < -0.3 is 4.57 Å². The summed E-state index contributed by atoms with van der Waals surface area (Å²) in [6.45, 7) is 0. The third kappa shape index (κ3) is 2.82. The van der Waals surface area contributed by atoms with Crippen molar-refractivity contribution in [3.63, 3.8) is 0 Å². The van der Waals surface area contributed by atoms with Crippen molar-refractivity contribution in [3.8, 4) is 0 Å². The summed E-state index contributed by atoms with van der Waals surface area (Å²) in [5.74, 6) is -4.88. The maximum atomic E-state index is 15.0. The highest BCUT2D eigenvalue weighted by molar-refractivity contribution is 7.73. The first-order valence-corrected chi connectivity index (χ1v) is 14.4. The van der Waals surface area contributed by atoms with E-state index >= 15 is 13.2 Å². The van der Waals surface area contributed by atoms with E-state index in [9.17, 15) is 4.57 Å². The van der Waals surface area contributed by atoms with Gasteiger partial charge in [-0.3, -0.25) is 0 Å². The molecule has 7 aromatic rings. The van der Waals surface area contributed by atoms with E-state index in [4.69, 9.17) is 0 Å². The molecule has 8 rings (SSSR count). The predicted molar refractivity (Wildman–Crippen MR) is 152 cm³/mol. The summed E-state index contributed by atoms with van der Waals surface area (Å²) in [7, 11) is -4.91. The van der Waals surface area contributed by atoms with E-state index < -0.39 is 18.7 Å². The van der Waals surface area contributed by atoms with E-state index in [2.05, 4.69) is 0 Å². The molecule has 0 spiro atoms. The number of hydrogen-bond acceptors (Lipinski definition) is 1. The van der Waals surface area contributed by atoms with Crippen molar-refractivity contribution in [2.24, 2.45) is 0 Å². The lowest BCUT2D eigenvalue weighted by Gasteiger charge is -2.31. The molecule has 2 atom stereocenters. The summed E-state index contributed by atoms with van der Waals surface area (Å²) in [6.07, 6.45) is 1.70. The van der Waals surface area contributed by atoms with Crippen LogP contribution in [-0.4, -0.2) is 11.6 Å². The van der Waals surface area contributed by atoms with Gasteiger partial charge in [0.05, 0.1) is 0 Å². The first-order chi connectivity index (χ1) is 18.3. The Kier molecular flexibility index (Phi) is 4.29. The standard InChI is InChI=1S/C33H20F3OP/c34-33(35,36)38(37,27-15-23-11-7-19-3-1-4-20-8-12-24(16-27)31(23)29(19)20)28-17-25-13-9-21-5-2-6-22-10-14-26(18-28)32(25)30(21)22/h1-17,28H,18H2. The number of alkyl halides is 3. The molecule has 0 aliphatic heterocycles. The summed E-state index contributed by atoms with van der Waals surface area (Å²) < 4.78 is 59.6. The van der Waals surface area contributed by atoms with Gasteiger partial charge in [-0.05, 0) is 83.2 Å². The zero-order valence-electron chi connectivity index (χ0n) is 20.1. The second-order valence-electron chi connectivity index (χ2n) is 10.4. The van der Waals surface area contributed by atoms with Gasteiger partial charge >= 0.3 is 5.92 Å². The van der Waals surface area contributed by atoms with Crippen LogP contribution in [0.25, 0.3) is 59.9 Å². The van der Waals surface area contributed by atoms with Crippen molar-refractivity contribution in [2.75, 3.05) is 0 Å². The average molecular weight is 520 g/mol. The fraction of sp³-hybridized carbons (Fsp3) is 0.0909. The SMILES string of the molecule is O=P(c1cc2ccc3cccc4ccc(c1)c2c34)(C1C=c2ccc3cccc4ccc(c2c43)C1)C(F)(F)F. The molecule has 184 valence electrons. The highest BCUT2D eigenvalue weighted by Gasteiger charge is 2.56. The lowest BCUT2D eigenvalue weighted by Crippen LogP contribution is -2.32. The molecule has 38 heavy (non-hydrogen) atoms. The zero-order valence-corrected chi connectivity index (χ0v) is 21.0. The van der Waals surface area contributed by atoms with Crippen LogP contribution in [0.4, 0.5) is 13.2 Å². The summed E-state index contributed by atoms with van der Waals surface area (Å²) in [4.78, 5) is 0. The highest BCUT2D eigenvalue weighted by Crippen LogP contribution is 2.65. The van der Waals surface area contributed by atoms with Crippen LogP contribution < -0.4 is 10.5 Å². The Morgan fingerprint density at radius 2 is 1.08 bits per heavy atom. The van der Waals surface area contributed by atoms with Crippen molar-refractivity contribution in [1.82, 2.24) is 0 Å². The van der Waals surface area contributed by atoms with Gasteiger partial charge in [0, 0.05) is 11.0 Å². The molecule has 1 nitrogen and oxygen atoms in total. The van der Waals surface area contributed by atoms with Gasteiger partial charge in [0.2, 0.25) is 7.14 Å². The normalized spacial score (nSPS) is 17.5. The quantitative estimate of drug-likeness (QED) is 0.165. The zero-order chi connectivity index (χ0) is 25.8. The van der Waals surface area contributed by atoms with Crippen molar-refractivity contribution >= 4 is 72.4 Å². The van der Waals surface area contributed by atoms with E-state index in [1.165, 1.54) is 12.1 Å². The molecule has 0 saturated carbocycles. The van der Waals surface area contributed by atoms with E-state index in [0.29, 0.717) is 10.8 Å². The largest absolute Gasteiger partial charge is 0.444 e. The molecular formula is C33H20F3OP. The summed E-state index contributed by atoms with van der Waals surface area (Å²) in [6, 6.07) is 30.3. The van der Waals surface area contributed by atoms with Crippen LogP contribution >= 0.6 is 7.14 Å². The van der Waals surface area contributed by atoms with Gasteiger partial charge in [0.15, 0.2) is 0 Å². The molecule has 1 aliphatic rings. The Morgan fingerprint density at radius 1 is 0.605 bits per heavy atom.